The van der Waals surface area contributed by atoms with Gasteiger partial charge in [0, 0.05) is 31.1 Å². The van der Waals surface area contributed by atoms with Gasteiger partial charge in [-0.2, -0.15) is 0 Å². The molecule has 0 heterocycles. The molecule has 0 aliphatic carbocycles. The van der Waals surface area contributed by atoms with Gasteiger partial charge in [0.05, 0.1) is 6.61 Å². The van der Waals surface area contributed by atoms with E-state index in [0.29, 0.717) is 25.1 Å². The second kappa shape index (κ2) is 12.5. The van der Waals surface area contributed by atoms with Gasteiger partial charge < -0.3 is 20.1 Å². The maximum Gasteiger partial charge on any atom is 0.164 e. The molecule has 34 heavy (non-hydrogen) atoms. The second-order valence-corrected chi connectivity index (χ2v) is 8.88. The molecule has 0 saturated carbocycles. The molecule has 3 aromatic carbocycles. The van der Waals surface area contributed by atoms with Crippen molar-refractivity contribution in [3.63, 3.8) is 0 Å². The van der Waals surface area contributed by atoms with Crippen LogP contribution >= 0.6 is 0 Å². The lowest BCUT2D eigenvalue weighted by Crippen LogP contribution is -2.48. The van der Waals surface area contributed by atoms with Gasteiger partial charge in [-0.3, -0.25) is 4.79 Å². The fourth-order valence-corrected chi connectivity index (χ4v) is 4.05. The minimum absolute atomic E-state index is 0.0572. The number of aliphatic hydroxyl groups is 1. The Morgan fingerprint density at radius 1 is 0.941 bits per heavy atom. The molecule has 0 radical (unpaired) electrons. The number of hydrogen-bond donors (Lipinski definition) is 2. The number of ketones is 1. The van der Waals surface area contributed by atoms with Crippen molar-refractivity contribution >= 4 is 5.78 Å². The van der Waals surface area contributed by atoms with Gasteiger partial charge >= 0.3 is 0 Å². The fraction of sp³-hybridized carbons (Fsp3) is 0.345. The predicted octanol–water partition coefficient (Wildman–Crippen LogP) is 4.50. The number of carbonyl (C=O) groups is 1. The van der Waals surface area contributed by atoms with E-state index in [4.69, 9.17) is 4.74 Å². The van der Waals surface area contributed by atoms with Gasteiger partial charge in [-0.25, -0.2) is 0 Å². The lowest BCUT2D eigenvalue weighted by atomic mass is 9.81. The molecule has 0 aliphatic heterocycles. The Kier molecular flexibility index (Phi) is 9.40. The van der Waals surface area contributed by atoms with Crippen LogP contribution in [0.1, 0.15) is 41.3 Å². The average Bonchev–Trinajstić information content (AvgIpc) is 2.87. The maximum absolute atomic E-state index is 12.7. The first-order valence-electron chi connectivity index (χ1n) is 11.9. The fourth-order valence-electron chi connectivity index (χ4n) is 4.05. The largest absolute Gasteiger partial charge is 0.494 e. The topological polar surface area (TPSA) is 61.8 Å². The van der Waals surface area contributed by atoms with Crippen molar-refractivity contribution in [3.05, 3.63) is 102 Å². The van der Waals surface area contributed by atoms with Gasteiger partial charge in [0.15, 0.2) is 5.78 Å². The Morgan fingerprint density at radius 2 is 1.50 bits per heavy atom. The molecule has 0 amide bonds. The second-order valence-electron chi connectivity index (χ2n) is 8.88. The van der Waals surface area contributed by atoms with Crippen LogP contribution < -0.4 is 10.1 Å². The van der Waals surface area contributed by atoms with Gasteiger partial charge in [0.25, 0.3) is 0 Å². The summed E-state index contributed by atoms with van der Waals surface area (Å²) in [4.78, 5) is 14.8. The zero-order valence-electron chi connectivity index (χ0n) is 20.4. The average molecular weight is 461 g/mol. The highest BCUT2D eigenvalue weighted by molar-refractivity contribution is 5.96. The number of Topliss-reactive ketones (excluding diaryl/α,β-unsaturated/α-hetero) is 1. The van der Waals surface area contributed by atoms with E-state index < -0.39 is 5.60 Å². The molecule has 5 heteroatoms. The molecular formula is C29H36N2O3. The van der Waals surface area contributed by atoms with Crippen LogP contribution in [0.25, 0.3) is 0 Å². The van der Waals surface area contributed by atoms with E-state index in [1.165, 1.54) is 0 Å². The molecule has 2 N–H and O–H groups in total. The van der Waals surface area contributed by atoms with E-state index in [0.717, 1.165) is 29.8 Å². The Labute approximate surface area is 203 Å². The summed E-state index contributed by atoms with van der Waals surface area (Å²) in [6, 6.07) is 26.3. The summed E-state index contributed by atoms with van der Waals surface area (Å²) >= 11 is 0. The van der Waals surface area contributed by atoms with Crippen molar-refractivity contribution < 1.29 is 14.6 Å². The van der Waals surface area contributed by atoms with Gasteiger partial charge in [-0.05, 0) is 62.8 Å². The van der Waals surface area contributed by atoms with Gasteiger partial charge in [0.1, 0.15) is 11.4 Å². The van der Waals surface area contributed by atoms with E-state index in [1.54, 1.807) is 0 Å². The van der Waals surface area contributed by atoms with Crippen molar-refractivity contribution in [2.75, 3.05) is 33.8 Å². The Morgan fingerprint density at radius 3 is 2.03 bits per heavy atom. The molecule has 3 aromatic rings. The smallest absolute Gasteiger partial charge is 0.164 e. The number of carbonyl (C=O) groups excluding carboxylic acids is 1. The van der Waals surface area contributed by atoms with E-state index in [1.807, 2.05) is 106 Å². The third-order valence-corrected chi connectivity index (χ3v) is 6.05. The Bertz CT molecular complexity index is 965. The number of hydrogen-bond acceptors (Lipinski definition) is 5. The van der Waals surface area contributed by atoms with Gasteiger partial charge in [0.2, 0.25) is 0 Å². The van der Waals surface area contributed by atoms with Crippen LogP contribution in [0.2, 0.25) is 0 Å². The number of ether oxygens (including phenoxy) is 1. The molecule has 180 valence electrons. The third-order valence-electron chi connectivity index (χ3n) is 6.05. The van der Waals surface area contributed by atoms with Crippen LogP contribution in [0.15, 0.2) is 84.9 Å². The number of nitrogens with zero attached hydrogens (tertiary/aromatic N) is 1. The summed E-state index contributed by atoms with van der Waals surface area (Å²) < 4.78 is 5.75. The Balaban J connectivity index is 1.56. The maximum atomic E-state index is 12.7. The van der Waals surface area contributed by atoms with Crippen LogP contribution in [0, 0.1) is 0 Å². The highest BCUT2D eigenvalue weighted by Gasteiger charge is 2.37. The molecule has 3 rings (SSSR count). The van der Waals surface area contributed by atoms with Crippen molar-refractivity contribution in [2.24, 2.45) is 0 Å². The summed E-state index contributed by atoms with van der Waals surface area (Å²) in [5, 5.41) is 15.2. The van der Waals surface area contributed by atoms with Crippen LogP contribution in [0.3, 0.4) is 0 Å². The molecule has 1 unspecified atom stereocenters. The molecule has 0 spiro atoms. The molecule has 0 bridgehead atoms. The van der Waals surface area contributed by atoms with Crippen molar-refractivity contribution in [2.45, 2.75) is 31.4 Å². The summed E-state index contributed by atoms with van der Waals surface area (Å²) in [6.07, 6.45) is 1.29. The quantitative estimate of drug-likeness (QED) is 0.290. The molecule has 0 aromatic heterocycles. The van der Waals surface area contributed by atoms with Crippen LogP contribution in [-0.4, -0.2) is 55.6 Å². The zero-order valence-corrected chi connectivity index (χ0v) is 20.4. The molecule has 0 fully saturated rings. The number of rotatable bonds is 13. The Hall–Kier alpha value is -2.99. The normalized spacial score (nSPS) is 12.5. The van der Waals surface area contributed by atoms with E-state index in [9.17, 15) is 9.90 Å². The highest BCUT2D eigenvalue weighted by atomic mass is 16.5. The summed E-state index contributed by atoms with van der Waals surface area (Å²) in [7, 11) is 4.08. The van der Waals surface area contributed by atoms with E-state index in [2.05, 4.69) is 10.2 Å². The lowest BCUT2D eigenvalue weighted by Gasteiger charge is -2.36. The predicted molar refractivity (Wildman–Crippen MR) is 137 cm³/mol. The van der Waals surface area contributed by atoms with E-state index >= 15 is 0 Å². The third kappa shape index (κ3) is 6.76. The monoisotopic (exact) mass is 460 g/mol. The molecule has 0 aliphatic rings. The van der Waals surface area contributed by atoms with Gasteiger partial charge in [-0.1, -0.05) is 60.7 Å². The minimum Gasteiger partial charge on any atom is -0.494 e. The first-order chi connectivity index (χ1) is 16.4. The number of benzene rings is 3. The van der Waals surface area contributed by atoms with Crippen LogP contribution in [-0.2, 0) is 5.60 Å². The van der Waals surface area contributed by atoms with Crippen LogP contribution in [0.4, 0.5) is 0 Å². The van der Waals surface area contributed by atoms with Crippen molar-refractivity contribution in [1.29, 1.82) is 0 Å². The van der Waals surface area contributed by atoms with E-state index in [-0.39, 0.29) is 11.8 Å². The molecular weight excluding hydrogens is 424 g/mol. The standard InChI is InChI=1S/C29H36N2O3/c1-23(29(33,25-11-6-4-7-12-25)26-13-8-5-9-14-26)30-20-19-28(32)24-15-17-27(18-16-24)34-22-10-21-31(2)3/h4-9,11-18,23,30,33H,10,19-22H2,1-3H3. The van der Waals surface area contributed by atoms with Gasteiger partial charge in [-0.15, -0.1) is 0 Å². The zero-order chi connectivity index (χ0) is 24.4. The first-order valence-corrected chi connectivity index (χ1v) is 11.9. The van der Waals surface area contributed by atoms with Crippen molar-refractivity contribution in [1.82, 2.24) is 10.2 Å². The molecule has 1 atom stereocenters. The summed E-state index contributed by atoms with van der Waals surface area (Å²) in [5.41, 5.74) is 1.08. The lowest BCUT2D eigenvalue weighted by molar-refractivity contribution is 0.0435. The minimum atomic E-state index is -1.21. The summed E-state index contributed by atoms with van der Waals surface area (Å²) in [5.74, 6) is 0.833. The highest BCUT2D eigenvalue weighted by Crippen LogP contribution is 2.33. The molecule has 5 nitrogen and oxygen atoms in total. The van der Waals surface area contributed by atoms with Crippen LogP contribution in [0.5, 0.6) is 5.75 Å². The molecule has 0 saturated heterocycles. The van der Waals surface area contributed by atoms with Crippen molar-refractivity contribution in [3.8, 4) is 5.75 Å². The summed E-state index contributed by atoms with van der Waals surface area (Å²) in [6.45, 7) is 4.04. The number of nitrogens with one attached hydrogen (secondary N) is 1. The first kappa shape index (κ1) is 25.6. The SMILES string of the molecule is CC(NCCC(=O)c1ccc(OCCCN(C)C)cc1)C(O)(c1ccccc1)c1ccccc1.